The van der Waals surface area contributed by atoms with Crippen LogP contribution in [0.1, 0.15) is 30.9 Å². The molecule has 1 aromatic rings. The van der Waals surface area contributed by atoms with E-state index in [1.165, 1.54) is 0 Å². The zero-order valence-corrected chi connectivity index (χ0v) is 13.2. The van der Waals surface area contributed by atoms with Gasteiger partial charge in [0.25, 0.3) is 0 Å². The van der Waals surface area contributed by atoms with Crippen molar-refractivity contribution in [2.24, 2.45) is 5.92 Å². The molecule has 1 aromatic carbocycles. The Labute approximate surface area is 129 Å². The molecule has 1 fully saturated rings. The van der Waals surface area contributed by atoms with Crippen LogP contribution in [0.15, 0.2) is 18.2 Å². The second-order valence-electron chi connectivity index (χ2n) is 5.12. The van der Waals surface area contributed by atoms with Crippen molar-refractivity contribution >= 4 is 33.2 Å². The molecule has 2 rings (SSSR count). The summed E-state index contributed by atoms with van der Waals surface area (Å²) < 4.78 is 25.9. The average Bonchev–Trinajstić information content (AvgIpc) is 3.16. The van der Waals surface area contributed by atoms with Gasteiger partial charge >= 0.3 is 0 Å². The van der Waals surface area contributed by atoms with Crippen molar-refractivity contribution in [3.05, 3.63) is 33.8 Å². The first-order valence-electron chi connectivity index (χ1n) is 6.47. The molecule has 1 aliphatic rings. The fourth-order valence-electron chi connectivity index (χ4n) is 1.89. The van der Waals surface area contributed by atoms with Crippen molar-refractivity contribution in [2.45, 2.75) is 25.4 Å². The predicted octanol–water partition coefficient (Wildman–Crippen LogP) is 2.75. The highest BCUT2D eigenvalue weighted by atomic mass is 35.5. The van der Waals surface area contributed by atoms with Gasteiger partial charge < -0.3 is 5.11 Å². The van der Waals surface area contributed by atoms with Crippen LogP contribution in [0.3, 0.4) is 0 Å². The number of hydrogen-bond acceptors (Lipinski definition) is 3. The third-order valence-corrected chi connectivity index (χ3v) is 5.07. The first kappa shape index (κ1) is 16.0. The normalized spacial score (nSPS) is 17.1. The molecule has 0 aromatic heterocycles. The van der Waals surface area contributed by atoms with Crippen LogP contribution in [-0.4, -0.2) is 25.8 Å². The van der Waals surface area contributed by atoms with Crippen LogP contribution in [0.25, 0.3) is 0 Å². The van der Waals surface area contributed by atoms with Crippen molar-refractivity contribution in [2.75, 3.05) is 12.3 Å². The van der Waals surface area contributed by atoms with Gasteiger partial charge in [-0.05, 0) is 36.1 Å². The largest absolute Gasteiger partial charge is 0.387 e. The summed E-state index contributed by atoms with van der Waals surface area (Å²) in [7, 11) is -3.34. The van der Waals surface area contributed by atoms with Crippen LogP contribution >= 0.6 is 23.2 Å². The number of halogens is 2. The fraction of sp³-hybridized carbons (Fsp3) is 0.538. The Morgan fingerprint density at radius 1 is 1.25 bits per heavy atom. The van der Waals surface area contributed by atoms with Crippen LogP contribution in [-0.2, 0) is 10.0 Å². The van der Waals surface area contributed by atoms with E-state index in [9.17, 15) is 13.5 Å². The van der Waals surface area contributed by atoms with Crippen molar-refractivity contribution in [1.82, 2.24) is 4.72 Å². The molecule has 7 heteroatoms. The predicted molar refractivity (Wildman–Crippen MR) is 80.6 cm³/mol. The highest BCUT2D eigenvalue weighted by Gasteiger charge is 2.24. The molecule has 0 radical (unpaired) electrons. The molecular formula is C13H17Cl2NO3S. The summed E-state index contributed by atoms with van der Waals surface area (Å²) in [6.45, 7) is -0.0797. The lowest BCUT2D eigenvalue weighted by atomic mass is 10.1. The molecule has 0 spiro atoms. The van der Waals surface area contributed by atoms with Gasteiger partial charge in [0.15, 0.2) is 0 Å². The molecule has 0 aliphatic heterocycles. The molecule has 1 aliphatic carbocycles. The zero-order chi connectivity index (χ0) is 14.8. The van der Waals surface area contributed by atoms with E-state index in [0.717, 1.165) is 12.8 Å². The number of aliphatic hydroxyl groups is 1. The summed E-state index contributed by atoms with van der Waals surface area (Å²) >= 11 is 11.7. The van der Waals surface area contributed by atoms with Gasteiger partial charge in [-0.25, -0.2) is 13.1 Å². The van der Waals surface area contributed by atoms with E-state index in [1.807, 2.05) is 0 Å². The number of sulfonamides is 1. The molecule has 1 unspecified atom stereocenters. The van der Waals surface area contributed by atoms with Gasteiger partial charge in [0.1, 0.15) is 0 Å². The third kappa shape index (κ3) is 5.22. The first-order chi connectivity index (χ1) is 9.35. The van der Waals surface area contributed by atoms with Crippen molar-refractivity contribution in [1.29, 1.82) is 0 Å². The van der Waals surface area contributed by atoms with Crippen molar-refractivity contribution in [3.63, 3.8) is 0 Å². The molecule has 1 saturated carbocycles. The van der Waals surface area contributed by atoms with E-state index in [2.05, 4.69) is 4.72 Å². The number of hydrogen-bond donors (Lipinski definition) is 2. The topological polar surface area (TPSA) is 66.4 Å². The lowest BCUT2D eigenvalue weighted by Crippen LogP contribution is -2.30. The van der Waals surface area contributed by atoms with Gasteiger partial charge in [0, 0.05) is 16.6 Å². The van der Waals surface area contributed by atoms with Crippen LogP contribution in [0.2, 0.25) is 10.0 Å². The Balaban J connectivity index is 1.88. The van der Waals surface area contributed by atoms with Gasteiger partial charge in [0.05, 0.1) is 11.9 Å². The molecule has 1 atom stereocenters. The third-order valence-electron chi connectivity index (χ3n) is 3.26. The minimum Gasteiger partial charge on any atom is -0.387 e. The van der Waals surface area contributed by atoms with E-state index in [4.69, 9.17) is 23.2 Å². The molecule has 0 amide bonds. The van der Waals surface area contributed by atoms with Crippen LogP contribution in [0.4, 0.5) is 0 Å². The maximum Gasteiger partial charge on any atom is 0.211 e. The van der Waals surface area contributed by atoms with Gasteiger partial charge in [-0.3, -0.25) is 0 Å². The molecule has 20 heavy (non-hydrogen) atoms. The Morgan fingerprint density at radius 2 is 1.85 bits per heavy atom. The average molecular weight is 338 g/mol. The fourth-order valence-corrected chi connectivity index (χ4v) is 3.63. The van der Waals surface area contributed by atoms with Crippen molar-refractivity contribution in [3.8, 4) is 0 Å². The summed E-state index contributed by atoms with van der Waals surface area (Å²) in [6, 6.07) is 4.69. The summed E-state index contributed by atoms with van der Waals surface area (Å²) in [5.74, 6) is 0.670. The summed E-state index contributed by atoms with van der Waals surface area (Å²) in [5.41, 5.74) is 0.493. The summed E-state index contributed by atoms with van der Waals surface area (Å²) in [5, 5.41) is 10.8. The molecule has 0 heterocycles. The lowest BCUT2D eigenvalue weighted by Gasteiger charge is -2.13. The highest BCUT2D eigenvalue weighted by Crippen LogP contribution is 2.32. The van der Waals surface area contributed by atoms with Crippen LogP contribution < -0.4 is 4.72 Å². The maximum atomic E-state index is 11.8. The molecular weight excluding hydrogens is 321 g/mol. The SMILES string of the molecule is O=S(=O)(CCC1CC1)NCC(O)c1cc(Cl)cc(Cl)c1. The van der Waals surface area contributed by atoms with E-state index < -0.39 is 16.1 Å². The van der Waals surface area contributed by atoms with E-state index in [1.54, 1.807) is 18.2 Å². The maximum absolute atomic E-state index is 11.8. The zero-order valence-electron chi connectivity index (χ0n) is 10.9. The van der Waals surface area contributed by atoms with E-state index in [0.29, 0.717) is 27.9 Å². The standard InChI is InChI=1S/C13H17Cl2NO3S/c14-11-5-10(6-12(15)7-11)13(17)8-16-20(18,19)4-3-9-1-2-9/h5-7,9,13,16-17H,1-4,8H2. The second-order valence-corrected chi connectivity index (χ2v) is 7.92. The monoisotopic (exact) mass is 337 g/mol. The molecule has 0 saturated heterocycles. The lowest BCUT2D eigenvalue weighted by molar-refractivity contribution is 0.182. The smallest absolute Gasteiger partial charge is 0.211 e. The number of rotatable bonds is 7. The minimum absolute atomic E-state index is 0.0797. The number of benzene rings is 1. The quantitative estimate of drug-likeness (QED) is 0.803. The van der Waals surface area contributed by atoms with Crippen LogP contribution in [0, 0.1) is 5.92 Å². The Hall–Kier alpha value is -0.330. The van der Waals surface area contributed by atoms with E-state index >= 15 is 0 Å². The van der Waals surface area contributed by atoms with E-state index in [-0.39, 0.29) is 12.3 Å². The van der Waals surface area contributed by atoms with Gasteiger partial charge in [0.2, 0.25) is 10.0 Å². The first-order valence-corrected chi connectivity index (χ1v) is 8.88. The number of aliphatic hydroxyl groups excluding tert-OH is 1. The van der Waals surface area contributed by atoms with Gasteiger partial charge in [-0.1, -0.05) is 36.0 Å². The molecule has 112 valence electrons. The van der Waals surface area contributed by atoms with Gasteiger partial charge in [-0.2, -0.15) is 0 Å². The minimum atomic E-state index is -3.34. The molecule has 2 N–H and O–H groups in total. The Kier molecular flexibility index (Phi) is 5.31. The number of nitrogens with one attached hydrogen (secondary N) is 1. The Bertz CT molecular complexity index is 553. The van der Waals surface area contributed by atoms with Gasteiger partial charge in [-0.15, -0.1) is 0 Å². The van der Waals surface area contributed by atoms with Crippen LogP contribution in [0.5, 0.6) is 0 Å². The second kappa shape index (κ2) is 6.62. The Morgan fingerprint density at radius 3 is 2.40 bits per heavy atom. The summed E-state index contributed by atoms with van der Waals surface area (Å²) in [4.78, 5) is 0. The van der Waals surface area contributed by atoms with Crippen molar-refractivity contribution < 1.29 is 13.5 Å². The highest BCUT2D eigenvalue weighted by molar-refractivity contribution is 7.89. The molecule has 4 nitrogen and oxygen atoms in total. The molecule has 0 bridgehead atoms. The summed E-state index contributed by atoms with van der Waals surface area (Å²) in [6.07, 6.45) is 1.97.